The van der Waals surface area contributed by atoms with Crippen LogP contribution in [0.15, 0.2) is 53.3 Å². The van der Waals surface area contributed by atoms with E-state index in [0.29, 0.717) is 5.56 Å². The molecule has 0 radical (unpaired) electrons. The second-order valence-corrected chi connectivity index (χ2v) is 8.31. The van der Waals surface area contributed by atoms with E-state index < -0.39 is 0 Å². The molecule has 0 spiro atoms. The molecule has 2 aromatic carbocycles. The van der Waals surface area contributed by atoms with E-state index >= 15 is 0 Å². The summed E-state index contributed by atoms with van der Waals surface area (Å²) >= 11 is 0. The second-order valence-electron chi connectivity index (χ2n) is 8.31. The first-order chi connectivity index (χ1) is 14.0. The molecule has 1 heterocycles. The Morgan fingerprint density at radius 2 is 1.76 bits per heavy atom. The minimum absolute atomic E-state index is 0.0476. The predicted molar refractivity (Wildman–Crippen MR) is 118 cm³/mol. The molecule has 4 rings (SSSR count). The molecule has 1 saturated carbocycles. The normalized spacial score (nSPS) is 14.8. The molecule has 0 bridgehead atoms. The van der Waals surface area contributed by atoms with E-state index in [0.717, 1.165) is 53.4 Å². The number of amides is 1. The highest BCUT2D eigenvalue weighted by atomic mass is 16.2. The lowest BCUT2D eigenvalue weighted by atomic mass is 9.88. The SMILES string of the molecule is Cc1cccc(N(Cc2cc3ccc(C)cc3[nH]c2=O)C(=O)C2CCCCC2)c1. The van der Waals surface area contributed by atoms with Crippen LogP contribution >= 0.6 is 0 Å². The molecule has 1 amide bonds. The third-order valence-corrected chi connectivity index (χ3v) is 5.94. The Bertz CT molecular complexity index is 1090. The number of anilines is 1. The molecule has 29 heavy (non-hydrogen) atoms. The van der Waals surface area contributed by atoms with Crippen LogP contribution in [-0.4, -0.2) is 10.9 Å². The van der Waals surface area contributed by atoms with Gasteiger partial charge in [-0.25, -0.2) is 0 Å². The van der Waals surface area contributed by atoms with Crippen molar-refractivity contribution in [3.63, 3.8) is 0 Å². The van der Waals surface area contributed by atoms with Crippen LogP contribution in [0.4, 0.5) is 5.69 Å². The number of carbonyl (C=O) groups is 1. The van der Waals surface area contributed by atoms with E-state index in [1.807, 2.05) is 67.3 Å². The minimum atomic E-state index is -0.128. The molecule has 0 aliphatic heterocycles. The van der Waals surface area contributed by atoms with Crippen molar-refractivity contribution >= 4 is 22.5 Å². The fourth-order valence-corrected chi connectivity index (χ4v) is 4.31. The van der Waals surface area contributed by atoms with Crippen LogP contribution < -0.4 is 10.5 Å². The van der Waals surface area contributed by atoms with Gasteiger partial charge in [-0.1, -0.05) is 43.5 Å². The predicted octanol–water partition coefficient (Wildman–Crippen LogP) is 5.26. The van der Waals surface area contributed by atoms with Crippen molar-refractivity contribution < 1.29 is 4.79 Å². The fourth-order valence-electron chi connectivity index (χ4n) is 4.31. The van der Waals surface area contributed by atoms with Gasteiger partial charge in [0.25, 0.3) is 5.56 Å². The Balaban J connectivity index is 1.72. The lowest BCUT2D eigenvalue weighted by Gasteiger charge is -2.29. The maximum absolute atomic E-state index is 13.4. The summed E-state index contributed by atoms with van der Waals surface area (Å²) < 4.78 is 0. The van der Waals surface area contributed by atoms with Crippen molar-refractivity contribution in [2.75, 3.05) is 4.90 Å². The topological polar surface area (TPSA) is 53.2 Å². The van der Waals surface area contributed by atoms with Crippen LogP contribution in [-0.2, 0) is 11.3 Å². The van der Waals surface area contributed by atoms with Gasteiger partial charge >= 0.3 is 0 Å². The average Bonchev–Trinajstić information content (AvgIpc) is 2.72. The zero-order valence-corrected chi connectivity index (χ0v) is 17.2. The zero-order chi connectivity index (χ0) is 20.4. The number of hydrogen-bond acceptors (Lipinski definition) is 2. The van der Waals surface area contributed by atoms with E-state index in [-0.39, 0.29) is 23.9 Å². The Kier molecular flexibility index (Phi) is 5.52. The standard InChI is InChI=1S/C25H28N2O2/c1-17-7-6-10-22(13-17)27(25(29)19-8-4-3-5-9-19)16-21-15-20-12-11-18(2)14-23(20)26-24(21)28/h6-7,10-15,19H,3-5,8-9,16H2,1-2H3,(H,26,28). The smallest absolute Gasteiger partial charge is 0.253 e. The van der Waals surface area contributed by atoms with Crippen LogP contribution in [0.3, 0.4) is 0 Å². The van der Waals surface area contributed by atoms with Crippen molar-refractivity contribution in [1.82, 2.24) is 4.98 Å². The first-order valence-corrected chi connectivity index (χ1v) is 10.5. The number of aromatic amines is 1. The molecule has 3 aromatic rings. The number of nitrogens with one attached hydrogen (secondary N) is 1. The first-order valence-electron chi connectivity index (χ1n) is 10.5. The van der Waals surface area contributed by atoms with Crippen molar-refractivity contribution in [3.05, 3.63) is 75.6 Å². The van der Waals surface area contributed by atoms with Gasteiger partial charge in [0, 0.05) is 22.7 Å². The Labute approximate surface area is 171 Å². The summed E-state index contributed by atoms with van der Waals surface area (Å²) in [5.74, 6) is 0.185. The largest absolute Gasteiger partial charge is 0.322 e. The van der Waals surface area contributed by atoms with E-state index in [1.165, 1.54) is 6.42 Å². The highest BCUT2D eigenvalue weighted by Crippen LogP contribution is 2.29. The third kappa shape index (κ3) is 4.26. The molecule has 4 nitrogen and oxygen atoms in total. The number of H-pyrrole nitrogens is 1. The summed E-state index contributed by atoms with van der Waals surface area (Å²) in [6, 6.07) is 15.9. The average molecular weight is 389 g/mol. The van der Waals surface area contributed by atoms with Gasteiger partial charge in [-0.15, -0.1) is 0 Å². The fraction of sp³-hybridized carbons (Fsp3) is 0.360. The Morgan fingerprint density at radius 3 is 2.52 bits per heavy atom. The summed E-state index contributed by atoms with van der Waals surface area (Å²) in [5, 5.41) is 0.986. The van der Waals surface area contributed by atoms with Crippen LogP contribution in [0.1, 0.15) is 48.8 Å². The molecule has 1 aromatic heterocycles. The highest BCUT2D eigenvalue weighted by Gasteiger charge is 2.27. The molecule has 4 heteroatoms. The lowest BCUT2D eigenvalue weighted by Crippen LogP contribution is -2.38. The summed E-state index contributed by atoms with van der Waals surface area (Å²) in [7, 11) is 0. The monoisotopic (exact) mass is 388 g/mol. The molecule has 1 aliphatic carbocycles. The molecule has 0 unspecified atom stereocenters. The van der Waals surface area contributed by atoms with Crippen LogP contribution in [0.2, 0.25) is 0 Å². The summed E-state index contributed by atoms with van der Waals surface area (Å²) in [6.07, 6.45) is 5.29. The molecular weight excluding hydrogens is 360 g/mol. The number of nitrogens with zero attached hydrogens (tertiary/aromatic N) is 1. The molecule has 1 N–H and O–H groups in total. The van der Waals surface area contributed by atoms with Crippen molar-refractivity contribution in [2.24, 2.45) is 5.92 Å². The van der Waals surface area contributed by atoms with E-state index in [4.69, 9.17) is 0 Å². The summed E-state index contributed by atoms with van der Waals surface area (Å²) in [4.78, 5) is 31.0. The van der Waals surface area contributed by atoms with Crippen molar-refractivity contribution in [2.45, 2.75) is 52.5 Å². The number of carbonyl (C=O) groups excluding carboxylic acids is 1. The number of aromatic nitrogens is 1. The van der Waals surface area contributed by atoms with Gasteiger partial charge in [0.1, 0.15) is 0 Å². The van der Waals surface area contributed by atoms with E-state index in [9.17, 15) is 9.59 Å². The minimum Gasteiger partial charge on any atom is -0.322 e. The quantitative estimate of drug-likeness (QED) is 0.663. The zero-order valence-electron chi connectivity index (χ0n) is 17.2. The second kappa shape index (κ2) is 8.24. The van der Waals surface area contributed by atoms with Gasteiger partial charge < -0.3 is 9.88 Å². The number of hydrogen-bond donors (Lipinski definition) is 1. The first kappa shape index (κ1) is 19.4. The number of aryl methyl sites for hydroxylation is 2. The van der Waals surface area contributed by atoms with E-state index in [1.54, 1.807) is 0 Å². The molecular formula is C25H28N2O2. The highest BCUT2D eigenvalue weighted by molar-refractivity contribution is 5.95. The van der Waals surface area contributed by atoms with Crippen molar-refractivity contribution in [3.8, 4) is 0 Å². The van der Waals surface area contributed by atoms with Gasteiger partial charge in [-0.3, -0.25) is 9.59 Å². The van der Waals surface area contributed by atoms with E-state index in [2.05, 4.69) is 4.98 Å². The summed E-state index contributed by atoms with van der Waals surface area (Å²) in [5.41, 5.74) is 4.40. The molecule has 0 saturated heterocycles. The van der Waals surface area contributed by atoms with Gasteiger partial charge in [-0.05, 0) is 67.5 Å². The molecule has 1 aliphatic rings. The van der Waals surface area contributed by atoms with Crippen molar-refractivity contribution in [1.29, 1.82) is 0 Å². The molecule has 150 valence electrons. The number of fused-ring (bicyclic) bond motifs is 1. The van der Waals surface area contributed by atoms with Gasteiger partial charge in [-0.2, -0.15) is 0 Å². The maximum atomic E-state index is 13.4. The number of rotatable bonds is 4. The van der Waals surface area contributed by atoms with Crippen LogP contribution in [0.25, 0.3) is 10.9 Å². The van der Waals surface area contributed by atoms with Gasteiger partial charge in [0.15, 0.2) is 0 Å². The third-order valence-electron chi connectivity index (χ3n) is 5.94. The Morgan fingerprint density at radius 1 is 1.00 bits per heavy atom. The van der Waals surface area contributed by atoms with Gasteiger partial charge in [0.2, 0.25) is 5.91 Å². The van der Waals surface area contributed by atoms with Crippen LogP contribution in [0, 0.1) is 19.8 Å². The van der Waals surface area contributed by atoms with Crippen LogP contribution in [0.5, 0.6) is 0 Å². The number of pyridine rings is 1. The lowest BCUT2D eigenvalue weighted by molar-refractivity contribution is -0.123. The molecule has 0 atom stereocenters. The molecule has 1 fully saturated rings. The Hall–Kier alpha value is -2.88. The van der Waals surface area contributed by atoms with Gasteiger partial charge in [0.05, 0.1) is 6.54 Å². The summed E-state index contributed by atoms with van der Waals surface area (Å²) in [6.45, 7) is 4.32. The maximum Gasteiger partial charge on any atom is 0.253 e. The number of benzene rings is 2.